The van der Waals surface area contributed by atoms with Gasteiger partial charge in [-0.25, -0.2) is 4.98 Å². The summed E-state index contributed by atoms with van der Waals surface area (Å²) in [6.07, 6.45) is 10.4. The summed E-state index contributed by atoms with van der Waals surface area (Å²) in [7, 11) is 0. The number of hydrogen-bond acceptors (Lipinski definition) is 4. The second-order valence-electron chi connectivity index (χ2n) is 7.58. The molecular formula is C21H22N4O. The monoisotopic (exact) mass is 346 g/mol. The fourth-order valence-electron chi connectivity index (χ4n) is 3.79. The molecule has 1 fully saturated rings. The standard InChI is InChI=1S/C21H22N4O/c1-13-9-16(7-8-22-13)15-5-6-17-18(10-15)25(20(26)21(17,3)4)19-12-23-14(2)11-24-19/h5,7-12,17H,6H2,1-4H3. The molecule has 1 saturated heterocycles. The number of pyridine rings is 1. The average Bonchev–Trinajstić information content (AvgIpc) is 2.82. The van der Waals surface area contributed by atoms with E-state index in [1.54, 1.807) is 17.3 Å². The molecule has 0 aromatic carbocycles. The summed E-state index contributed by atoms with van der Waals surface area (Å²) in [6.45, 7) is 7.91. The van der Waals surface area contributed by atoms with Crippen LogP contribution in [0.3, 0.4) is 0 Å². The highest BCUT2D eigenvalue weighted by Crippen LogP contribution is 2.49. The Morgan fingerprint density at radius 3 is 2.62 bits per heavy atom. The molecule has 1 unspecified atom stereocenters. The SMILES string of the molecule is Cc1cnc(N2C(=O)C(C)(C)C3CC=C(c4ccnc(C)c4)C=C32)cn1. The Kier molecular flexibility index (Phi) is 3.75. The zero-order chi connectivity index (χ0) is 18.5. The molecule has 3 heterocycles. The maximum absolute atomic E-state index is 13.2. The minimum Gasteiger partial charge on any atom is -0.273 e. The number of aromatic nitrogens is 3. The van der Waals surface area contributed by atoms with E-state index >= 15 is 0 Å². The van der Waals surface area contributed by atoms with E-state index in [0.717, 1.165) is 34.6 Å². The van der Waals surface area contributed by atoms with Crippen LogP contribution in [0.25, 0.3) is 5.57 Å². The van der Waals surface area contributed by atoms with Crippen LogP contribution in [-0.2, 0) is 4.79 Å². The Labute approximate surface area is 153 Å². The molecule has 2 aromatic heterocycles. The first kappa shape index (κ1) is 16.6. The molecule has 0 bridgehead atoms. The first-order valence-corrected chi connectivity index (χ1v) is 8.86. The van der Waals surface area contributed by atoms with Gasteiger partial charge in [-0.3, -0.25) is 19.7 Å². The predicted octanol–water partition coefficient (Wildman–Crippen LogP) is 3.85. The van der Waals surface area contributed by atoms with Gasteiger partial charge in [0, 0.05) is 23.5 Å². The van der Waals surface area contributed by atoms with Crippen LogP contribution in [0.4, 0.5) is 5.82 Å². The normalized spacial score (nSPS) is 21.3. The fourth-order valence-corrected chi connectivity index (χ4v) is 3.79. The molecule has 1 amide bonds. The van der Waals surface area contributed by atoms with Crippen LogP contribution >= 0.6 is 0 Å². The highest BCUT2D eigenvalue weighted by molar-refractivity contribution is 6.04. The second kappa shape index (κ2) is 5.87. The van der Waals surface area contributed by atoms with Gasteiger partial charge in [-0.05, 0) is 49.6 Å². The summed E-state index contributed by atoms with van der Waals surface area (Å²) in [5.74, 6) is 0.812. The van der Waals surface area contributed by atoms with Crippen molar-refractivity contribution in [2.45, 2.75) is 34.1 Å². The number of allylic oxidation sites excluding steroid dienone is 4. The van der Waals surface area contributed by atoms with Crippen LogP contribution in [0.15, 0.2) is 48.6 Å². The minimum atomic E-state index is -0.464. The molecule has 1 aliphatic heterocycles. The third-order valence-corrected chi connectivity index (χ3v) is 5.34. The van der Waals surface area contributed by atoms with Crippen LogP contribution in [0.2, 0.25) is 0 Å². The average molecular weight is 346 g/mol. The van der Waals surface area contributed by atoms with Gasteiger partial charge in [0.2, 0.25) is 5.91 Å². The van der Waals surface area contributed by atoms with Crippen molar-refractivity contribution in [1.82, 2.24) is 15.0 Å². The first-order chi connectivity index (χ1) is 12.4. The molecule has 26 heavy (non-hydrogen) atoms. The third-order valence-electron chi connectivity index (χ3n) is 5.34. The summed E-state index contributed by atoms with van der Waals surface area (Å²) in [6, 6.07) is 4.08. The Morgan fingerprint density at radius 2 is 1.92 bits per heavy atom. The molecular weight excluding hydrogens is 324 g/mol. The summed E-state index contributed by atoms with van der Waals surface area (Å²) in [5.41, 5.74) is 4.60. The van der Waals surface area contributed by atoms with E-state index in [0.29, 0.717) is 5.82 Å². The van der Waals surface area contributed by atoms with Gasteiger partial charge in [0.25, 0.3) is 0 Å². The third kappa shape index (κ3) is 2.55. The van der Waals surface area contributed by atoms with Gasteiger partial charge in [0.1, 0.15) is 0 Å². The van der Waals surface area contributed by atoms with Crippen LogP contribution in [0.1, 0.15) is 37.2 Å². The second-order valence-corrected chi connectivity index (χ2v) is 7.58. The predicted molar refractivity (Wildman–Crippen MR) is 101 cm³/mol. The Balaban J connectivity index is 1.81. The molecule has 5 heteroatoms. The van der Waals surface area contributed by atoms with Gasteiger partial charge in [0.05, 0.1) is 23.5 Å². The molecule has 2 aliphatic rings. The number of fused-ring (bicyclic) bond motifs is 1. The lowest BCUT2D eigenvalue weighted by Crippen LogP contribution is -2.31. The molecule has 2 aromatic rings. The number of carbonyl (C=O) groups excluding carboxylic acids is 1. The lowest BCUT2D eigenvalue weighted by Gasteiger charge is -2.26. The number of aryl methyl sites for hydroxylation is 2. The smallest absolute Gasteiger partial charge is 0.238 e. The number of amides is 1. The molecule has 0 saturated carbocycles. The minimum absolute atomic E-state index is 0.0764. The topological polar surface area (TPSA) is 59.0 Å². The zero-order valence-corrected chi connectivity index (χ0v) is 15.5. The maximum Gasteiger partial charge on any atom is 0.238 e. The molecule has 4 rings (SSSR count). The van der Waals surface area contributed by atoms with Crippen molar-refractivity contribution in [2.24, 2.45) is 11.3 Å². The highest BCUT2D eigenvalue weighted by atomic mass is 16.2. The van der Waals surface area contributed by atoms with Crippen LogP contribution < -0.4 is 4.90 Å². The van der Waals surface area contributed by atoms with E-state index < -0.39 is 5.41 Å². The van der Waals surface area contributed by atoms with Crippen molar-refractivity contribution in [1.29, 1.82) is 0 Å². The number of nitrogens with zero attached hydrogens (tertiary/aromatic N) is 4. The number of anilines is 1. The van der Waals surface area contributed by atoms with Gasteiger partial charge in [-0.15, -0.1) is 0 Å². The van der Waals surface area contributed by atoms with Crippen molar-refractivity contribution in [3.05, 3.63) is 65.5 Å². The van der Waals surface area contributed by atoms with E-state index in [2.05, 4.69) is 33.2 Å². The van der Waals surface area contributed by atoms with Gasteiger partial charge in [0.15, 0.2) is 5.82 Å². The van der Waals surface area contributed by atoms with Crippen LogP contribution in [0.5, 0.6) is 0 Å². The summed E-state index contributed by atoms with van der Waals surface area (Å²) < 4.78 is 0. The van der Waals surface area contributed by atoms with Gasteiger partial charge in [-0.1, -0.05) is 19.9 Å². The van der Waals surface area contributed by atoms with Crippen LogP contribution in [-0.4, -0.2) is 20.9 Å². The van der Waals surface area contributed by atoms with E-state index in [1.807, 2.05) is 40.0 Å². The van der Waals surface area contributed by atoms with Crippen molar-refractivity contribution in [3.63, 3.8) is 0 Å². The lowest BCUT2D eigenvalue weighted by molar-refractivity contribution is -0.125. The van der Waals surface area contributed by atoms with E-state index in [4.69, 9.17) is 0 Å². The first-order valence-electron chi connectivity index (χ1n) is 8.86. The molecule has 0 N–H and O–H groups in total. The van der Waals surface area contributed by atoms with Crippen molar-refractivity contribution >= 4 is 17.3 Å². The van der Waals surface area contributed by atoms with Gasteiger partial charge >= 0.3 is 0 Å². The van der Waals surface area contributed by atoms with E-state index in [9.17, 15) is 4.79 Å². The van der Waals surface area contributed by atoms with Crippen molar-refractivity contribution in [3.8, 4) is 0 Å². The zero-order valence-electron chi connectivity index (χ0n) is 15.5. The highest BCUT2D eigenvalue weighted by Gasteiger charge is 2.51. The molecule has 1 atom stereocenters. The van der Waals surface area contributed by atoms with E-state index in [1.165, 1.54) is 0 Å². The quantitative estimate of drug-likeness (QED) is 0.829. The number of hydrogen-bond donors (Lipinski definition) is 0. The molecule has 0 spiro atoms. The van der Waals surface area contributed by atoms with E-state index in [-0.39, 0.29) is 11.8 Å². The van der Waals surface area contributed by atoms with Gasteiger partial charge < -0.3 is 0 Å². The Morgan fingerprint density at radius 1 is 1.12 bits per heavy atom. The lowest BCUT2D eigenvalue weighted by atomic mass is 9.75. The number of carbonyl (C=O) groups is 1. The van der Waals surface area contributed by atoms with Crippen LogP contribution in [0, 0.1) is 25.2 Å². The molecule has 5 nitrogen and oxygen atoms in total. The van der Waals surface area contributed by atoms with Gasteiger partial charge in [-0.2, -0.15) is 0 Å². The summed E-state index contributed by atoms with van der Waals surface area (Å²) in [5, 5.41) is 0. The Bertz CT molecular complexity index is 941. The summed E-state index contributed by atoms with van der Waals surface area (Å²) >= 11 is 0. The van der Waals surface area contributed by atoms with Crippen molar-refractivity contribution < 1.29 is 4.79 Å². The molecule has 1 aliphatic carbocycles. The largest absolute Gasteiger partial charge is 0.273 e. The summed E-state index contributed by atoms with van der Waals surface area (Å²) in [4.78, 5) is 28.0. The molecule has 0 radical (unpaired) electrons. The maximum atomic E-state index is 13.2. The van der Waals surface area contributed by atoms with Crippen molar-refractivity contribution in [2.75, 3.05) is 4.90 Å². The molecule has 132 valence electrons. The Hall–Kier alpha value is -2.82. The number of rotatable bonds is 2. The fraction of sp³-hybridized carbons (Fsp3) is 0.333.